The Morgan fingerprint density at radius 2 is 1.58 bits per heavy atom. The van der Waals surface area contributed by atoms with Gasteiger partial charge >= 0.3 is 14.4 Å². The van der Waals surface area contributed by atoms with E-state index in [-0.39, 0.29) is 6.16 Å². The second-order valence-electron chi connectivity index (χ2n) is 8.80. The predicted octanol–water partition coefficient (Wildman–Crippen LogP) is 7.82. The maximum absolute atomic E-state index is 12.4. The van der Waals surface area contributed by atoms with Crippen molar-refractivity contribution in [3.8, 4) is 11.5 Å². The Bertz CT molecular complexity index is 1200. The standard InChI is InChI=1S/C25H36N5O5P2S/c1-8-24(3,28-29-26)34-22-14-10-20(11-15-22)18-27-30(5)36(38)25(4,9-2)35-23-16-12-21(13-17-23)19-37(31,32-6)33-7/h10-18H,8-9,19H2,1-7H3/q+1/b27-18+. The van der Waals surface area contributed by atoms with Crippen molar-refractivity contribution in [2.75, 3.05) is 21.3 Å². The van der Waals surface area contributed by atoms with Crippen molar-refractivity contribution in [2.24, 2.45) is 10.2 Å². The van der Waals surface area contributed by atoms with Crippen molar-refractivity contribution >= 4 is 32.5 Å². The third kappa shape index (κ3) is 8.77. The highest BCUT2D eigenvalue weighted by Crippen LogP contribution is 2.50. The maximum atomic E-state index is 12.4. The quantitative estimate of drug-likeness (QED) is 0.0526. The van der Waals surface area contributed by atoms with Crippen LogP contribution in [0, 0.1) is 0 Å². The summed E-state index contributed by atoms with van der Waals surface area (Å²) in [4.78, 5) is 2.87. The molecule has 0 fully saturated rings. The molecule has 13 heteroatoms. The summed E-state index contributed by atoms with van der Waals surface area (Å²) in [6.07, 6.45) is 3.13. The molecule has 3 atom stereocenters. The number of ether oxygens (including phenoxy) is 2. The molecule has 0 bridgehead atoms. The number of rotatable bonds is 15. The van der Waals surface area contributed by atoms with E-state index in [0.29, 0.717) is 24.3 Å². The molecule has 3 unspecified atom stereocenters. The van der Waals surface area contributed by atoms with E-state index in [1.54, 1.807) is 30.1 Å². The molecule has 0 N–H and O–H groups in total. The summed E-state index contributed by atoms with van der Waals surface area (Å²) in [7, 11) is 1.44. The van der Waals surface area contributed by atoms with Gasteiger partial charge in [0.25, 0.3) is 5.34 Å². The molecule has 0 aromatic heterocycles. The molecule has 0 radical (unpaired) electrons. The van der Waals surface area contributed by atoms with Crippen LogP contribution in [0.3, 0.4) is 0 Å². The first kappa shape index (κ1) is 31.7. The molecule has 2 aromatic rings. The Kier molecular flexibility index (Phi) is 11.7. The minimum Gasteiger partial charge on any atom is -0.481 e. The molecule has 0 aliphatic carbocycles. The topological polar surface area (TPSA) is 118 Å². The van der Waals surface area contributed by atoms with Crippen molar-refractivity contribution in [3.05, 3.63) is 70.1 Å². The fourth-order valence-electron chi connectivity index (χ4n) is 3.23. The van der Waals surface area contributed by atoms with Crippen LogP contribution in [-0.2, 0) is 31.6 Å². The second kappa shape index (κ2) is 14.0. The largest absolute Gasteiger partial charge is 0.481 e. The molecule has 0 heterocycles. The summed E-state index contributed by atoms with van der Waals surface area (Å²) in [5.74, 6) is 1.26. The Morgan fingerprint density at radius 3 is 2.08 bits per heavy atom. The van der Waals surface area contributed by atoms with Gasteiger partial charge in [0.15, 0.2) is 17.5 Å². The van der Waals surface area contributed by atoms with Crippen LogP contribution in [-0.4, -0.2) is 43.3 Å². The molecular formula is C25H36N5O5P2S+. The van der Waals surface area contributed by atoms with E-state index in [0.717, 1.165) is 11.1 Å². The Morgan fingerprint density at radius 1 is 1.03 bits per heavy atom. The Balaban J connectivity index is 2.07. The first-order valence-corrected chi connectivity index (χ1v) is 16.1. The third-order valence-corrected chi connectivity index (χ3v) is 11.6. The number of benzene rings is 2. The molecule has 2 rings (SSSR count). The maximum Gasteiger partial charge on any atom is 0.358 e. The van der Waals surface area contributed by atoms with Gasteiger partial charge in [-0.25, -0.2) is 0 Å². The lowest BCUT2D eigenvalue weighted by Gasteiger charge is -2.24. The van der Waals surface area contributed by atoms with E-state index >= 15 is 0 Å². The van der Waals surface area contributed by atoms with Gasteiger partial charge in [0, 0.05) is 32.5 Å². The van der Waals surface area contributed by atoms with Crippen LogP contribution in [0.15, 0.2) is 58.7 Å². The Hall–Kier alpha value is -2.51. The minimum absolute atomic E-state index is 0.176. The highest BCUT2D eigenvalue weighted by Gasteiger charge is 2.45. The number of hydrogen-bond acceptors (Lipinski definition) is 8. The van der Waals surface area contributed by atoms with Gasteiger partial charge in [0.1, 0.15) is 11.5 Å². The summed E-state index contributed by atoms with van der Waals surface area (Å²) in [6, 6.07) is 14.7. The van der Waals surface area contributed by atoms with Gasteiger partial charge in [-0.15, -0.1) is 9.88 Å². The smallest absolute Gasteiger partial charge is 0.358 e. The molecule has 0 aliphatic rings. The molecule has 0 spiro atoms. The van der Waals surface area contributed by atoms with Crippen molar-refractivity contribution in [2.45, 2.75) is 57.8 Å². The van der Waals surface area contributed by atoms with Crippen LogP contribution in [0.5, 0.6) is 11.5 Å². The van der Waals surface area contributed by atoms with Crippen LogP contribution in [0.2, 0.25) is 0 Å². The molecule has 2 aromatic carbocycles. The van der Waals surface area contributed by atoms with E-state index in [9.17, 15) is 4.57 Å². The lowest BCUT2D eigenvalue weighted by atomic mass is 10.2. The van der Waals surface area contributed by atoms with Gasteiger partial charge in [0.2, 0.25) is 0 Å². The first-order chi connectivity index (χ1) is 17.9. The predicted molar refractivity (Wildman–Crippen MR) is 156 cm³/mol. The summed E-state index contributed by atoms with van der Waals surface area (Å²) in [5, 5.41) is 7.66. The molecule has 0 saturated carbocycles. The van der Waals surface area contributed by atoms with Gasteiger partial charge in [-0.05, 0) is 71.5 Å². The normalized spacial score (nSPS) is 15.2. The van der Waals surface area contributed by atoms with Gasteiger partial charge in [-0.1, -0.05) is 26.0 Å². The second-order valence-corrected chi connectivity index (χ2v) is 14.2. The van der Waals surface area contributed by atoms with Gasteiger partial charge in [0.05, 0.1) is 19.4 Å². The first-order valence-electron chi connectivity index (χ1n) is 12.0. The van der Waals surface area contributed by atoms with Gasteiger partial charge < -0.3 is 18.5 Å². The van der Waals surface area contributed by atoms with Crippen molar-refractivity contribution in [1.29, 1.82) is 0 Å². The zero-order chi connectivity index (χ0) is 28.4. The zero-order valence-corrected chi connectivity index (χ0v) is 25.5. The molecule has 0 saturated heterocycles. The number of azide groups is 1. The van der Waals surface area contributed by atoms with Crippen LogP contribution < -0.4 is 9.47 Å². The van der Waals surface area contributed by atoms with Crippen LogP contribution >= 0.6 is 14.4 Å². The number of hydrazone groups is 1. The van der Waals surface area contributed by atoms with Crippen LogP contribution in [0.25, 0.3) is 10.4 Å². The van der Waals surface area contributed by atoms with Crippen molar-refractivity contribution in [3.63, 3.8) is 0 Å². The minimum atomic E-state index is -3.14. The number of hydrogen-bond donors (Lipinski definition) is 0. The fraction of sp³-hybridized carbons (Fsp3) is 0.480. The summed E-state index contributed by atoms with van der Waals surface area (Å²) in [6.45, 7) is 6.41. The molecule has 0 amide bonds. The van der Waals surface area contributed by atoms with E-state index in [2.05, 4.69) is 15.1 Å². The zero-order valence-electron chi connectivity index (χ0n) is 22.9. The summed E-state index contributed by atoms with van der Waals surface area (Å²) < 4.78 is 36.4. The van der Waals surface area contributed by atoms with E-state index < -0.39 is 25.5 Å². The summed E-state index contributed by atoms with van der Waals surface area (Å²) in [5.41, 5.74) is 9.51. The highest BCUT2D eigenvalue weighted by atomic mass is 32.4. The molecule has 0 aliphatic heterocycles. The Labute approximate surface area is 231 Å². The van der Waals surface area contributed by atoms with E-state index in [1.165, 1.54) is 14.2 Å². The summed E-state index contributed by atoms with van der Waals surface area (Å²) >= 11 is 5.88. The van der Waals surface area contributed by atoms with Crippen molar-refractivity contribution < 1.29 is 23.1 Å². The van der Waals surface area contributed by atoms with Gasteiger partial charge in [-0.3, -0.25) is 4.57 Å². The average molecular weight is 581 g/mol. The van der Waals surface area contributed by atoms with Crippen LogP contribution in [0.1, 0.15) is 51.7 Å². The monoisotopic (exact) mass is 580 g/mol. The van der Waals surface area contributed by atoms with Crippen molar-refractivity contribution in [1.82, 2.24) is 4.78 Å². The lowest BCUT2D eigenvalue weighted by molar-refractivity contribution is 0.0921. The fourth-order valence-corrected chi connectivity index (χ4v) is 6.13. The average Bonchev–Trinajstić information content (AvgIpc) is 2.93. The molecular weight excluding hydrogens is 544 g/mol. The van der Waals surface area contributed by atoms with Crippen LogP contribution in [0.4, 0.5) is 0 Å². The van der Waals surface area contributed by atoms with Gasteiger partial charge in [-0.2, -0.15) is 0 Å². The molecule has 38 heavy (non-hydrogen) atoms. The third-order valence-electron chi connectivity index (χ3n) is 6.02. The number of nitrogens with zero attached hydrogens (tertiary/aromatic N) is 5. The van der Waals surface area contributed by atoms with E-state index in [1.807, 2.05) is 64.2 Å². The molecule has 10 nitrogen and oxygen atoms in total. The highest BCUT2D eigenvalue weighted by molar-refractivity contribution is 8.04. The molecule has 206 valence electrons. The SMILES string of the molecule is CCC(C)(N=[N+]=[N-])Oc1ccc(/C=N/N(C)[P+](=S)C(C)(CC)Oc2ccc(CP(=O)(OC)OC)cc2)cc1. The lowest BCUT2D eigenvalue weighted by Crippen LogP contribution is -2.30. The van der Waals surface area contributed by atoms with E-state index in [4.69, 9.17) is 35.9 Å².